The van der Waals surface area contributed by atoms with E-state index in [1.165, 1.54) is 32.1 Å². The summed E-state index contributed by atoms with van der Waals surface area (Å²) in [7, 11) is 0. The Morgan fingerprint density at radius 2 is 1.81 bits per heavy atom. The average molecular weight is 222 g/mol. The number of rotatable bonds is 7. The Bertz CT molecular complexity index is 293. The van der Waals surface area contributed by atoms with Gasteiger partial charge in [0, 0.05) is 0 Å². The van der Waals surface area contributed by atoms with E-state index in [-0.39, 0.29) is 5.82 Å². The van der Waals surface area contributed by atoms with Gasteiger partial charge in [0.2, 0.25) is 0 Å². The fourth-order valence-corrected chi connectivity index (χ4v) is 2.22. The molecule has 0 aromatic heterocycles. The van der Waals surface area contributed by atoms with Gasteiger partial charge in [0.05, 0.1) is 0 Å². The molecule has 1 atom stereocenters. The highest BCUT2D eigenvalue weighted by atomic mass is 19.1. The Morgan fingerprint density at radius 1 is 1.06 bits per heavy atom. The molecule has 0 aliphatic rings. The first kappa shape index (κ1) is 13.2. The Labute approximate surface area is 98.9 Å². The average Bonchev–Trinajstić information content (AvgIpc) is 2.29. The Balaban J connectivity index is 2.56. The molecule has 0 aliphatic heterocycles. The molecule has 90 valence electrons. The van der Waals surface area contributed by atoms with Crippen LogP contribution in [0, 0.1) is 11.7 Å². The van der Waals surface area contributed by atoms with Gasteiger partial charge in [-0.25, -0.2) is 4.39 Å². The van der Waals surface area contributed by atoms with E-state index in [2.05, 4.69) is 13.8 Å². The minimum atomic E-state index is -0.0416. The van der Waals surface area contributed by atoms with Crippen LogP contribution in [0.4, 0.5) is 4.39 Å². The second-order valence-corrected chi connectivity index (χ2v) is 4.59. The standard InChI is InChI=1S/C15H23F/c1-3-5-9-13(8-4-2)12-14-10-6-7-11-15(14)16/h6-7,10-11,13H,3-5,8-9,12H2,1-2H3. The van der Waals surface area contributed by atoms with E-state index in [0.717, 1.165) is 12.0 Å². The summed E-state index contributed by atoms with van der Waals surface area (Å²) in [6.45, 7) is 4.42. The van der Waals surface area contributed by atoms with Crippen LogP contribution in [0.3, 0.4) is 0 Å². The van der Waals surface area contributed by atoms with Crippen molar-refractivity contribution < 1.29 is 4.39 Å². The van der Waals surface area contributed by atoms with Crippen molar-refractivity contribution in [3.05, 3.63) is 35.6 Å². The summed E-state index contributed by atoms with van der Waals surface area (Å²) in [4.78, 5) is 0. The molecule has 0 nitrogen and oxygen atoms in total. The van der Waals surface area contributed by atoms with Gasteiger partial charge in [-0.3, -0.25) is 0 Å². The largest absolute Gasteiger partial charge is 0.207 e. The maximum Gasteiger partial charge on any atom is 0.126 e. The third-order valence-electron chi connectivity index (χ3n) is 3.13. The molecule has 1 rings (SSSR count). The van der Waals surface area contributed by atoms with Gasteiger partial charge in [-0.1, -0.05) is 64.2 Å². The molecule has 0 heterocycles. The highest BCUT2D eigenvalue weighted by Gasteiger charge is 2.10. The van der Waals surface area contributed by atoms with E-state index in [4.69, 9.17) is 0 Å². The predicted molar refractivity (Wildman–Crippen MR) is 68.0 cm³/mol. The first-order valence-corrected chi connectivity index (χ1v) is 6.51. The maximum absolute atomic E-state index is 13.5. The number of halogens is 1. The summed E-state index contributed by atoms with van der Waals surface area (Å²) >= 11 is 0. The lowest BCUT2D eigenvalue weighted by atomic mass is 9.90. The number of hydrogen-bond acceptors (Lipinski definition) is 0. The molecule has 0 spiro atoms. The lowest BCUT2D eigenvalue weighted by molar-refractivity contribution is 0.420. The molecule has 1 aromatic rings. The zero-order chi connectivity index (χ0) is 11.8. The number of unbranched alkanes of at least 4 members (excludes halogenated alkanes) is 1. The van der Waals surface area contributed by atoms with Gasteiger partial charge in [0.15, 0.2) is 0 Å². The predicted octanol–water partition coefficient (Wildman–Crippen LogP) is 4.97. The van der Waals surface area contributed by atoms with Crippen molar-refractivity contribution in [3.63, 3.8) is 0 Å². The third-order valence-corrected chi connectivity index (χ3v) is 3.13. The van der Waals surface area contributed by atoms with Crippen molar-refractivity contribution in [2.45, 2.75) is 52.4 Å². The van der Waals surface area contributed by atoms with E-state index >= 15 is 0 Å². The first-order chi connectivity index (χ1) is 7.77. The molecular weight excluding hydrogens is 199 g/mol. The second-order valence-electron chi connectivity index (χ2n) is 4.59. The molecule has 0 fully saturated rings. The minimum absolute atomic E-state index is 0.0416. The van der Waals surface area contributed by atoms with Gasteiger partial charge in [-0.05, 0) is 24.0 Å². The van der Waals surface area contributed by atoms with Crippen molar-refractivity contribution in [2.24, 2.45) is 5.92 Å². The van der Waals surface area contributed by atoms with E-state index in [0.29, 0.717) is 5.92 Å². The summed E-state index contributed by atoms with van der Waals surface area (Å²) in [6.07, 6.45) is 7.05. The summed E-state index contributed by atoms with van der Waals surface area (Å²) < 4.78 is 13.5. The van der Waals surface area contributed by atoms with Crippen LogP contribution in [0.25, 0.3) is 0 Å². The topological polar surface area (TPSA) is 0 Å². The van der Waals surface area contributed by atoms with E-state index in [1.807, 2.05) is 12.1 Å². The zero-order valence-corrected chi connectivity index (χ0v) is 10.5. The molecule has 0 saturated carbocycles. The number of benzene rings is 1. The van der Waals surface area contributed by atoms with Crippen molar-refractivity contribution in [1.29, 1.82) is 0 Å². The Morgan fingerprint density at radius 3 is 2.44 bits per heavy atom. The SMILES string of the molecule is CCCCC(CCC)Cc1ccccc1F. The van der Waals surface area contributed by atoms with Crippen LogP contribution in [0.5, 0.6) is 0 Å². The summed E-state index contributed by atoms with van der Waals surface area (Å²) in [5.74, 6) is 0.613. The van der Waals surface area contributed by atoms with Gasteiger partial charge < -0.3 is 0 Å². The molecule has 1 aromatic carbocycles. The van der Waals surface area contributed by atoms with E-state index in [1.54, 1.807) is 12.1 Å². The first-order valence-electron chi connectivity index (χ1n) is 6.51. The molecule has 0 saturated heterocycles. The van der Waals surface area contributed by atoms with Crippen molar-refractivity contribution in [1.82, 2.24) is 0 Å². The van der Waals surface area contributed by atoms with Crippen LogP contribution < -0.4 is 0 Å². The van der Waals surface area contributed by atoms with E-state index in [9.17, 15) is 4.39 Å². The molecule has 16 heavy (non-hydrogen) atoms. The van der Waals surface area contributed by atoms with Crippen LogP contribution in [-0.4, -0.2) is 0 Å². The van der Waals surface area contributed by atoms with Crippen molar-refractivity contribution in [2.75, 3.05) is 0 Å². The van der Waals surface area contributed by atoms with Crippen molar-refractivity contribution >= 4 is 0 Å². The van der Waals surface area contributed by atoms with Crippen LogP contribution in [0.15, 0.2) is 24.3 Å². The second kappa shape index (κ2) is 7.43. The molecule has 0 bridgehead atoms. The molecule has 0 N–H and O–H groups in total. The van der Waals surface area contributed by atoms with Gasteiger partial charge >= 0.3 is 0 Å². The minimum Gasteiger partial charge on any atom is -0.207 e. The Kier molecular flexibility index (Phi) is 6.14. The summed E-state index contributed by atoms with van der Waals surface area (Å²) in [5, 5.41) is 0. The highest BCUT2D eigenvalue weighted by Crippen LogP contribution is 2.21. The fourth-order valence-electron chi connectivity index (χ4n) is 2.22. The normalized spacial score (nSPS) is 12.7. The molecular formula is C15H23F. The highest BCUT2D eigenvalue weighted by molar-refractivity contribution is 5.17. The molecule has 0 radical (unpaired) electrons. The smallest absolute Gasteiger partial charge is 0.126 e. The zero-order valence-electron chi connectivity index (χ0n) is 10.5. The lowest BCUT2D eigenvalue weighted by Crippen LogP contribution is -2.06. The van der Waals surface area contributed by atoms with E-state index < -0.39 is 0 Å². The van der Waals surface area contributed by atoms with Crippen LogP contribution >= 0.6 is 0 Å². The van der Waals surface area contributed by atoms with Crippen molar-refractivity contribution in [3.8, 4) is 0 Å². The summed E-state index contributed by atoms with van der Waals surface area (Å²) in [6, 6.07) is 7.18. The maximum atomic E-state index is 13.5. The monoisotopic (exact) mass is 222 g/mol. The quantitative estimate of drug-likeness (QED) is 0.610. The molecule has 1 unspecified atom stereocenters. The molecule has 1 heteroatoms. The summed E-state index contributed by atoms with van der Waals surface area (Å²) in [5.41, 5.74) is 0.886. The van der Waals surface area contributed by atoms with Gasteiger partial charge in [-0.2, -0.15) is 0 Å². The lowest BCUT2D eigenvalue weighted by Gasteiger charge is -2.16. The number of hydrogen-bond donors (Lipinski definition) is 0. The molecule has 0 amide bonds. The third kappa shape index (κ3) is 4.34. The van der Waals surface area contributed by atoms with Gasteiger partial charge in [0.1, 0.15) is 5.82 Å². The fraction of sp³-hybridized carbons (Fsp3) is 0.600. The van der Waals surface area contributed by atoms with Gasteiger partial charge in [0.25, 0.3) is 0 Å². The molecule has 0 aliphatic carbocycles. The van der Waals surface area contributed by atoms with Crippen LogP contribution in [-0.2, 0) is 6.42 Å². The van der Waals surface area contributed by atoms with Gasteiger partial charge in [-0.15, -0.1) is 0 Å². The van der Waals surface area contributed by atoms with Crippen LogP contribution in [0.1, 0.15) is 51.5 Å². The Hall–Kier alpha value is -0.850. The van der Waals surface area contributed by atoms with Crippen LogP contribution in [0.2, 0.25) is 0 Å².